The Morgan fingerprint density at radius 3 is 3.00 bits per heavy atom. The summed E-state index contributed by atoms with van der Waals surface area (Å²) >= 11 is 1.59. The number of hydrogen-bond acceptors (Lipinski definition) is 6. The fourth-order valence-electron chi connectivity index (χ4n) is 3.15. The normalized spacial score (nSPS) is 15.6. The lowest BCUT2D eigenvalue weighted by Gasteiger charge is -2.32. The zero-order chi connectivity index (χ0) is 17.5. The second-order valence-electron chi connectivity index (χ2n) is 6.47. The van der Waals surface area contributed by atoms with Crippen LogP contribution >= 0.6 is 11.3 Å². The highest BCUT2D eigenvalue weighted by atomic mass is 32.1. The minimum Gasteiger partial charge on any atom is -0.343 e. The summed E-state index contributed by atoms with van der Waals surface area (Å²) in [5, 5.41) is 9.39. The first-order chi connectivity index (χ1) is 12.3. The Kier molecular flexibility index (Phi) is 6.58. The fourth-order valence-corrected chi connectivity index (χ4v) is 3.80. The number of nitrogens with one attached hydrogen (secondary N) is 1. The van der Waals surface area contributed by atoms with Crippen LogP contribution in [0.2, 0.25) is 0 Å². The van der Waals surface area contributed by atoms with Crippen LogP contribution in [0.15, 0.2) is 22.0 Å². The number of carbonyl (C=O) groups is 1. The molecular weight excluding hydrogens is 336 g/mol. The van der Waals surface area contributed by atoms with Gasteiger partial charge in [-0.3, -0.25) is 4.79 Å². The second-order valence-corrected chi connectivity index (χ2v) is 7.42. The van der Waals surface area contributed by atoms with Gasteiger partial charge in [0.2, 0.25) is 17.6 Å². The van der Waals surface area contributed by atoms with Gasteiger partial charge in [0.1, 0.15) is 0 Å². The predicted octanol–water partition coefficient (Wildman–Crippen LogP) is 2.97. The van der Waals surface area contributed by atoms with Crippen molar-refractivity contribution in [1.29, 1.82) is 0 Å². The predicted molar refractivity (Wildman–Crippen MR) is 98.4 cm³/mol. The smallest absolute Gasteiger partial charge is 0.226 e. The third-order valence-electron chi connectivity index (χ3n) is 4.64. The molecule has 1 aliphatic heterocycles. The maximum atomic E-state index is 12.3. The Balaban J connectivity index is 1.37. The molecule has 1 aliphatic rings. The van der Waals surface area contributed by atoms with E-state index in [0.29, 0.717) is 30.5 Å². The molecule has 1 amide bonds. The van der Waals surface area contributed by atoms with E-state index in [0.717, 1.165) is 50.3 Å². The van der Waals surface area contributed by atoms with E-state index < -0.39 is 0 Å². The summed E-state index contributed by atoms with van der Waals surface area (Å²) in [5.74, 6) is 2.21. The molecule has 0 aromatic carbocycles. The van der Waals surface area contributed by atoms with Gasteiger partial charge in [-0.25, -0.2) is 0 Å². The van der Waals surface area contributed by atoms with Crippen LogP contribution in [0.25, 0.3) is 10.7 Å². The molecule has 3 heterocycles. The highest BCUT2D eigenvalue weighted by Gasteiger charge is 2.22. The maximum Gasteiger partial charge on any atom is 0.226 e. The first-order valence-corrected chi connectivity index (χ1v) is 9.99. The van der Waals surface area contributed by atoms with E-state index >= 15 is 0 Å². The van der Waals surface area contributed by atoms with Crippen molar-refractivity contribution in [2.24, 2.45) is 5.92 Å². The van der Waals surface area contributed by atoms with Crippen molar-refractivity contribution in [3.63, 3.8) is 0 Å². The monoisotopic (exact) mass is 362 g/mol. The molecule has 0 aliphatic carbocycles. The van der Waals surface area contributed by atoms with E-state index in [4.69, 9.17) is 4.52 Å². The average molecular weight is 362 g/mol. The van der Waals surface area contributed by atoms with E-state index in [-0.39, 0.29) is 5.91 Å². The van der Waals surface area contributed by atoms with Crippen molar-refractivity contribution in [2.75, 3.05) is 26.2 Å². The minimum absolute atomic E-state index is 0.250. The Labute approximate surface area is 152 Å². The molecule has 3 rings (SSSR count). The van der Waals surface area contributed by atoms with Gasteiger partial charge < -0.3 is 14.7 Å². The molecule has 0 unspecified atom stereocenters. The van der Waals surface area contributed by atoms with Gasteiger partial charge >= 0.3 is 0 Å². The maximum absolute atomic E-state index is 12.3. The Morgan fingerprint density at radius 2 is 2.28 bits per heavy atom. The average Bonchev–Trinajstić information content (AvgIpc) is 3.31. The van der Waals surface area contributed by atoms with Crippen molar-refractivity contribution >= 4 is 17.2 Å². The van der Waals surface area contributed by atoms with Crippen molar-refractivity contribution in [2.45, 2.75) is 39.0 Å². The number of aryl methyl sites for hydroxylation is 1. The van der Waals surface area contributed by atoms with E-state index in [2.05, 4.69) is 22.4 Å². The Bertz CT molecular complexity index is 648. The molecule has 0 spiro atoms. The van der Waals surface area contributed by atoms with Crippen LogP contribution in [0.3, 0.4) is 0 Å². The molecule has 1 saturated heterocycles. The van der Waals surface area contributed by atoms with Gasteiger partial charge in [0.05, 0.1) is 4.88 Å². The highest BCUT2D eigenvalue weighted by Crippen LogP contribution is 2.22. The summed E-state index contributed by atoms with van der Waals surface area (Å²) in [6.45, 7) is 5.99. The third-order valence-corrected chi connectivity index (χ3v) is 5.51. The van der Waals surface area contributed by atoms with Crippen LogP contribution in [0.4, 0.5) is 0 Å². The SMILES string of the molecule is CCNCC1CCN(C(=O)CCCc2nc(-c3cccs3)no2)CC1. The molecule has 6 nitrogen and oxygen atoms in total. The van der Waals surface area contributed by atoms with Gasteiger partial charge in [0.25, 0.3) is 0 Å². The van der Waals surface area contributed by atoms with E-state index in [1.165, 1.54) is 0 Å². The number of piperidine rings is 1. The number of nitrogens with zero attached hydrogens (tertiary/aromatic N) is 3. The van der Waals surface area contributed by atoms with Gasteiger partial charge in [-0.2, -0.15) is 4.98 Å². The lowest BCUT2D eigenvalue weighted by Crippen LogP contribution is -2.40. The quantitative estimate of drug-likeness (QED) is 0.782. The first kappa shape index (κ1) is 18.1. The van der Waals surface area contributed by atoms with Gasteiger partial charge in [-0.1, -0.05) is 18.1 Å². The number of amides is 1. The number of aromatic nitrogens is 2. The van der Waals surface area contributed by atoms with E-state index in [1.807, 2.05) is 22.4 Å². The molecule has 0 atom stereocenters. The summed E-state index contributed by atoms with van der Waals surface area (Å²) < 4.78 is 5.28. The Morgan fingerprint density at radius 1 is 1.44 bits per heavy atom. The molecule has 0 radical (unpaired) electrons. The Hall–Kier alpha value is -1.73. The first-order valence-electron chi connectivity index (χ1n) is 9.11. The van der Waals surface area contributed by atoms with Gasteiger partial charge in [0, 0.05) is 25.9 Å². The molecule has 7 heteroatoms. The lowest BCUT2D eigenvalue weighted by molar-refractivity contribution is -0.132. The summed E-state index contributed by atoms with van der Waals surface area (Å²) in [6, 6.07) is 3.94. The van der Waals surface area contributed by atoms with Gasteiger partial charge in [0.15, 0.2) is 0 Å². The standard InChI is InChI=1S/C18H26N4O2S/c1-2-19-13-14-8-10-22(11-9-14)17(23)7-3-6-16-20-18(21-24-16)15-5-4-12-25-15/h4-5,12,14,19H,2-3,6-11,13H2,1H3. The molecule has 2 aromatic rings. The van der Waals surface area contributed by atoms with Crippen LogP contribution in [-0.4, -0.2) is 47.1 Å². The van der Waals surface area contributed by atoms with E-state index in [9.17, 15) is 4.79 Å². The molecule has 2 aromatic heterocycles. The van der Waals surface area contributed by atoms with E-state index in [1.54, 1.807) is 11.3 Å². The molecule has 136 valence electrons. The summed E-state index contributed by atoms with van der Waals surface area (Å²) in [7, 11) is 0. The number of thiophene rings is 1. The molecule has 0 bridgehead atoms. The molecule has 0 saturated carbocycles. The second kappa shape index (κ2) is 9.10. The van der Waals surface area contributed by atoms with Crippen molar-refractivity contribution in [3.8, 4) is 10.7 Å². The van der Waals surface area contributed by atoms with Crippen LogP contribution in [0.1, 0.15) is 38.5 Å². The number of likely N-dealkylation sites (tertiary alicyclic amines) is 1. The highest BCUT2D eigenvalue weighted by molar-refractivity contribution is 7.13. The minimum atomic E-state index is 0.250. The lowest BCUT2D eigenvalue weighted by atomic mass is 9.96. The number of hydrogen-bond donors (Lipinski definition) is 1. The van der Waals surface area contributed by atoms with Crippen molar-refractivity contribution in [3.05, 3.63) is 23.4 Å². The van der Waals surface area contributed by atoms with Crippen LogP contribution in [0.5, 0.6) is 0 Å². The zero-order valence-electron chi connectivity index (χ0n) is 14.7. The molecule has 1 fully saturated rings. The van der Waals surface area contributed by atoms with Crippen molar-refractivity contribution in [1.82, 2.24) is 20.4 Å². The summed E-state index contributed by atoms with van der Waals surface area (Å²) in [4.78, 5) is 19.8. The van der Waals surface area contributed by atoms with Gasteiger partial charge in [-0.15, -0.1) is 11.3 Å². The third kappa shape index (κ3) is 5.12. The molecule has 25 heavy (non-hydrogen) atoms. The van der Waals surface area contributed by atoms with Crippen LogP contribution < -0.4 is 5.32 Å². The molecular formula is C18H26N4O2S. The van der Waals surface area contributed by atoms with Crippen LogP contribution in [-0.2, 0) is 11.2 Å². The zero-order valence-corrected chi connectivity index (χ0v) is 15.6. The topological polar surface area (TPSA) is 71.3 Å². The number of carbonyl (C=O) groups excluding carboxylic acids is 1. The van der Waals surface area contributed by atoms with Crippen molar-refractivity contribution < 1.29 is 9.32 Å². The summed E-state index contributed by atoms with van der Waals surface area (Å²) in [6.07, 6.45) is 4.16. The molecule has 1 N–H and O–H groups in total. The number of rotatable bonds is 8. The largest absolute Gasteiger partial charge is 0.343 e. The fraction of sp³-hybridized carbons (Fsp3) is 0.611. The summed E-state index contributed by atoms with van der Waals surface area (Å²) in [5.41, 5.74) is 0. The van der Waals surface area contributed by atoms with Gasteiger partial charge in [-0.05, 0) is 49.7 Å². The van der Waals surface area contributed by atoms with Crippen LogP contribution in [0, 0.1) is 5.92 Å².